The summed E-state index contributed by atoms with van der Waals surface area (Å²) in [6, 6.07) is 16.2. The second-order valence-electron chi connectivity index (χ2n) is 7.16. The van der Waals surface area contributed by atoms with Gasteiger partial charge in [-0.2, -0.15) is 0 Å². The first kappa shape index (κ1) is 18.7. The van der Waals surface area contributed by atoms with Crippen LogP contribution in [0.15, 0.2) is 60.8 Å². The Morgan fingerprint density at radius 1 is 1.10 bits per heavy atom. The number of fused-ring (bicyclic) bond motifs is 1. The van der Waals surface area contributed by atoms with Gasteiger partial charge in [-0.05, 0) is 31.2 Å². The van der Waals surface area contributed by atoms with Crippen LogP contribution in [0.25, 0.3) is 10.9 Å². The standard InChI is InChI=1S/C22H22N4O3/c1-15-14-25(17-12-16-6-2-4-8-19(16)23-13-17)10-11-26(15)22(29)24-20-9-5-3-7-18(20)21(27)28/h2-9,12-13,15H,10-11,14H2,1H3,(H,24,29)(H,27,28). The number of rotatable bonds is 3. The maximum absolute atomic E-state index is 12.8. The first-order valence-electron chi connectivity index (χ1n) is 9.52. The summed E-state index contributed by atoms with van der Waals surface area (Å²) >= 11 is 0. The molecule has 1 fully saturated rings. The minimum Gasteiger partial charge on any atom is -0.478 e. The first-order valence-corrected chi connectivity index (χ1v) is 9.52. The van der Waals surface area contributed by atoms with Crippen LogP contribution in [0, 0.1) is 0 Å². The zero-order valence-electron chi connectivity index (χ0n) is 16.1. The number of piperazine rings is 1. The Balaban J connectivity index is 1.46. The summed E-state index contributed by atoms with van der Waals surface area (Å²) < 4.78 is 0. The fraction of sp³-hybridized carbons (Fsp3) is 0.227. The minimum atomic E-state index is -1.07. The predicted molar refractivity (Wildman–Crippen MR) is 113 cm³/mol. The summed E-state index contributed by atoms with van der Waals surface area (Å²) in [6.45, 7) is 3.88. The molecule has 0 aliphatic carbocycles. The molecule has 0 spiro atoms. The molecule has 1 unspecified atom stereocenters. The van der Waals surface area contributed by atoms with Crippen LogP contribution < -0.4 is 10.2 Å². The fourth-order valence-corrected chi connectivity index (χ4v) is 3.69. The second-order valence-corrected chi connectivity index (χ2v) is 7.16. The van der Waals surface area contributed by atoms with Crippen molar-refractivity contribution in [2.75, 3.05) is 29.9 Å². The highest BCUT2D eigenvalue weighted by Crippen LogP contribution is 2.23. The van der Waals surface area contributed by atoms with Crippen molar-refractivity contribution in [2.24, 2.45) is 0 Å². The molecule has 1 atom stereocenters. The van der Waals surface area contributed by atoms with Crippen LogP contribution in [-0.4, -0.2) is 52.7 Å². The number of carboxylic acid groups (broad SMARTS) is 1. The number of anilines is 2. The minimum absolute atomic E-state index is 0.0350. The van der Waals surface area contributed by atoms with E-state index < -0.39 is 5.97 Å². The van der Waals surface area contributed by atoms with Crippen LogP contribution in [0.5, 0.6) is 0 Å². The van der Waals surface area contributed by atoms with E-state index in [9.17, 15) is 14.7 Å². The van der Waals surface area contributed by atoms with E-state index in [1.165, 1.54) is 6.07 Å². The number of carbonyl (C=O) groups excluding carboxylic acids is 1. The Kier molecular flexibility index (Phi) is 5.03. The Labute approximate surface area is 168 Å². The summed E-state index contributed by atoms with van der Waals surface area (Å²) in [6.07, 6.45) is 1.87. The molecule has 7 heteroatoms. The number of hydrogen-bond donors (Lipinski definition) is 2. The second kappa shape index (κ2) is 7.79. The smallest absolute Gasteiger partial charge is 0.337 e. The molecule has 0 radical (unpaired) electrons. The predicted octanol–water partition coefficient (Wildman–Crippen LogP) is 3.68. The number of amides is 2. The molecule has 1 aromatic heterocycles. The lowest BCUT2D eigenvalue weighted by Crippen LogP contribution is -2.55. The first-order chi connectivity index (χ1) is 14.0. The highest BCUT2D eigenvalue weighted by molar-refractivity contribution is 6.00. The van der Waals surface area contributed by atoms with Gasteiger partial charge in [-0.15, -0.1) is 0 Å². The maximum atomic E-state index is 12.8. The normalized spacial score (nSPS) is 16.7. The zero-order valence-corrected chi connectivity index (χ0v) is 16.1. The molecule has 0 saturated carbocycles. The highest BCUT2D eigenvalue weighted by atomic mass is 16.4. The number of nitrogens with zero attached hydrogens (tertiary/aromatic N) is 3. The molecule has 2 aromatic carbocycles. The van der Waals surface area contributed by atoms with Gasteiger partial charge in [-0.3, -0.25) is 4.98 Å². The van der Waals surface area contributed by atoms with Crippen molar-refractivity contribution in [3.8, 4) is 0 Å². The van der Waals surface area contributed by atoms with Gasteiger partial charge in [0, 0.05) is 31.1 Å². The quantitative estimate of drug-likeness (QED) is 0.713. The van der Waals surface area contributed by atoms with E-state index in [4.69, 9.17) is 0 Å². The van der Waals surface area contributed by atoms with Crippen molar-refractivity contribution in [3.63, 3.8) is 0 Å². The average molecular weight is 390 g/mol. The molecule has 4 rings (SSSR count). The van der Waals surface area contributed by atoms with Crippen LogP contribution in [0.4, 0.5) is 16.2 Å². The van der Waals surface area contributed by atoms with Gasteiger partial charge >= 0.3 is 12.0 Å². The van der Waals surface area contributed by atoms with E-state index in [2.05, 4.69) is 21.3 Å². The van der Waals surface area contributed by atoms with Gasteiger partial charge in [-0.25, -0.2) is 9.59 Å². The molecular formula is C22H22N4O3. The summed E-state index contributed by atoms with van der Waals surface area (Å²) in [4.78, 5) is 32.6. The van der Waals surface area contributed by atoms with Gasteiger partial charge in [-0.1, -0.05) is 30.3 Å². The van der Waals surface area contributed by atoms with Crippen LogP contribution in [-0.2, 0) is 0 Å². The number of hydrogen-bond acceptors (Lipinski definition) is 4. The molecule has 1 saturated heterocycles. The lowest BCUT2D eigenvalue weighted by Gasteiger charge is -2.40. The molecule has 0 bridgehead atoms. The lowest BCUT2D eigenvalue weighted by atomic mass is 10.1. The molecule has 7 nitrogen and oxygen atoms in total. The average Bonchev–Trinajstić information content (AvgIpc) is 2.73. The van der Waals surface area contributed by atoms with E-state index >= 15 is 0 Å². The van der Waals surface area contributed by atoms with Crippen LogP contribution in [0.2, 0.25) is 0 Å². The third kappa shape index (κ3) is 3.85. The summed E-state index contributed by atoms with van der Waals surface area (Å²) in [5, 5.41) is 13.1. The van der Waals surface area contributed by atoms with E-state index in [-0.39, 0.29) is 17.6 Å². The van der Waals surface area contributed by atoms with E-state index in [0.717, 1.165) is 16.6 Å². The number of carbonyl (C=O) groups is 2. The monoisotopic (exact) mass is 390 g/mol. The maximum Gasteiger partial charge on any atom is 0.337 e. The molecule has 3 aromatic rings. The molecule has 2 N–H and O–H groups in total. The number of urea groups is 1. The third-order valence-electron chi connectivity index (χ3n) is 5.23. The van der Waals surface area contributed by atoms with Gasteiger partial charge in [0.25, 0.3) is 0 Å². The van der Waals surface area contributed by atoms with Crippen molar-refractivity contribution in [2.45, 2.75) is 13.0 Å². The molecule has 1 aliphatic rings. The van der Waals surface area contributed by atoms with E-state index in [0.29, 0.717) is 25.3 Å². The van der Waals surface area contributed by atoms with Crippen molar-refractivity contribution < 1.29 is 14.7 Å². The Morgan fingerprint density at radius 2 is 1.86 bits per heavy atom. The number of aromatic carboxylic acids is 1. The number of para-hydroxylation sites is 2. The number of aromatic nitrogens is 1. The molecule has 2 heterocycles. The highest BCUT2D eigenvalue weighted by Gasteiger charge is 2.28. The third-order valence-corrected chi connectivity index (χ3v) is 5.23. The van der Waals surface area contributed by atoms with Gasteiger partial charge in [0.1, 0.15) is 0 Å². The number of nitrogens with one attached hydrogen (secondary N) is 1. The summed E-state index contributed by atoms with van der Waals surface area (Å²) in [5.74, 6) is -1.07. The number of benzene rings is 2. The van der Waals surface area contributed by atoms with Gasteiger partial charge in [0.15, 0.2) is 0 Å². The summed E-state index contributed by atoms with van der Waals surface area (Å²) in [7, 11) is 0. The molecule has 2 amide bonds. The van der Waals surface area contributed by atoms with Crippen molar-refractivity contribution in [1.82, 2.24) is 9.88 Å². The largest absolute Gasteiger partial charge is 0.478 e. The number of pyridine rings is 1. The summed E-state index contributed by atoms with van der Waals surface area (Å²) in [5.41, 5.74) is 2.37. The van der Waals surface area contributed by atoms with Crippen LogP contribution >= 0.6 is 0 Å². The number of carboxylic acids is 1. The van der Waals surface area contributed by atoms with Crippen molar-refractivity contribution >= 4 is 34.3 Å². The van der Waals surface area contributed by atoms with Gasteiger partial charge in [0.05, 0.1) is 28.7 Å². The Bertz CT molecular complexity index is 1070. The molecule has 1 aliphatic heterocycles. The SMILES string of the molecule is CC1CN(c2cnc3ccccc3c2)CCN1C(=O)Nc1ccccc1C(=O)O. The molecule has 148 valence electrons. The Morgan fingerprint density at radius 3 is 2.66 bits per heavy atom. The van der Waals surface area contributed by atoms with E-state index in [1.807, 2.05) is 37.4 Å². The van der Waals surface area contributed by atoms with Crippen LogP contribution in [0.3, 0.4) is 0 Å². The van der Waals surface area contributed by atoms with Crippen molar-refractivity contribution in [3.05, 3.63) is 66.4 Å². The van der Waals surface area contributed by atoms with Crippen LogP contribution in [0.1, 0.15) is 17.3 Å². The zero-order chi connectivity index (χ0) is 20.4. The molecule has 29 heavy (non-hydrogen) atoms. The van der Waals surface area contributed by atoms with E-state index in [1.54, 1.807) is 23.1 Å². The Hall–Kier alpha value is -3.61. The van der Waals surface area contributed by atoms with Gasteiger partial charge < -0.3 is 20.2 Å². The van der Waals surface area contributed by atoms with Crippen molar-refractivity contribution in [1.29, 1.82) is 0 Å². The topological polar surface area (TPSA) is 85.8 Å². The fourth-order valence-electron chi connectivity index (χ4n) is 3.69. The molecular weight excluding hydrogens is 368 g/mol. The van der Waals surface area contributed by atoms with Gasteiger partial charge in [0.2, 0.25) is 0 Å². The lowest BCUT2D eigenvalue weighted by molar-refractivity contribution is 0.0698.